The topological polar surface area (TPSA) is 50.9 Å². The Balaban J connectivity index is 2.13. The first-order valence-corrected chi connectivity index (χ1v) is 5.85. The summed E-state index contributed by atoms with van der Waals surface area (Å²) in [5.41, 5.74) is 8.48. The minimum absolute atomic E-state index is 0.0201. The average molecular weight is 266 g/mol. The first-order chi connectivity index (χ1) is 8.56. The molecule has 2 aromatic rings. The number of nitrogen functional groups attached to an aromatic ring is 1. The van der Waals surface area contributed by atoms with Crippen LogP contribution in [0.15, 0.2) is 30.3 Å². The number of benzene rings is 1. The minimum atomic E-state index is -0.495. The molecule has 3 nitrogen and oxygen atoms in total. The molecule has 1 aromatic carbocycles. The molecule has 0 fully saturated rings. The van der Waals surface area contributed by atoms with Crippen LogP contribution >= 0.6 is 11.6 Å². The summed E-state index contributed by atoms with van der Waals surface area (Å²) in [6.45, 7) is 2.40. The highest BCUT2D eigenvalue weighted by Crippen LogP contribution is 2.26. The smallest absolute Gasteiger partial charge is 0.143 e. The van der Waals surface area contributed by atoms with Gasteiger partial charge in [-0.05, 0) is 25.1 Å². The molecule has 5 heteroatoms. The molecule has 0 bridgehead atoms. The second-order valence-electron chi connectivity index (χ2n) is 3.98. The van der Waals surface area contributed by atoms with Crippen molar-refractivity contribution in [3.63, 3.8) is 0 Å². The summed E-state index contributed by atoms with van der Waals surface area (Å²) >= 11 is 5.63. The molecule has 0 amide bonds. The molecular weight excluding hydrogens is 253 g/mol. The fourth-order valence-electron chi connectivity index (χ4n) is 1.60. The zero-order valence-corrected chi connectivity index (χ0v) is 10.6. The standard InChI is InChI=1S/C13H13ClFN3/c1-8-3-2-4-9(18-8)7-17-13-6-11(15)10(14)5-12(13)16/h2-6,17H,7,16H2,1H3. The third-order valence-electron chi connectivity index (χ3n) is 2.50. The zero-order chi connectivity index (χ0) is 13.1. The Morgan fingerprint density at radius 3 is 2.89 bits per heavy atom. The number of nitrogens with one attached hydrogen (secondary N) is 1. The van der Waals surface area contributed by atoms with Crippen molar-refractivity contribution in [3.05, 3.63) is 52.6 Å². The fraction of sp³-hybridized carbons (Fsp3) is 0.154. The van der Waals surface area contributed by atoms with E-state index in [2.05, 4.69) is 10.3 Å². The van der Waals surface area contributed by atoms with Crippen molar-refractivity contribution in [3.8, 4) is 0 Å². The number of hydrogen-bond donors (Lipinski definition) is 2. The summed E-state index contributed by atoms with van der Waals surface area (Å²) in [5, 5.41) is 3.06. The summed E-state index contributed by atoms with van der Waals surface area (Å²) in [5.74, 6) is -0.495. The molecule has 0 aliphatic carbocycles. The summed E-state index contributed by atoms with van der Waals surface area (Å²) < 4.78 is 13.3. The lowest BCUT2D eigenvalue weighted by molar-refractivity contribution is 0.629. The van der Waals surface area contributed by atoms with Crippen molar-refractivity contribution >= 4 is 23.0 Å². The number of pyridine rings is 1. The van der Waals surface area contributed by atoms with Crippen LogP contribution in [-0.4, -0.2) is 4.98 Å². The van der Waals surface area contributed by atoms with Crippen molar-refractivity contribution in [1.82, 2.24) is 4.98 Å². The maximum absolute atomic E-state index is 13.3. The lowest BCUT2D eigenvalue weighted by Gasteiger charge is -2.10. The minimum Gasteiger partial charge on any atom is -0.397 e. The Morgan fingerprint density at radius 2 is 2.17 bits per heavy atom. The Kier molecular flexibility index (Phi) is 3.67. The van der Waals surface area contributed by atoms with Crippen LogP contribution in [-0.2, 0) is 6.54 Å². The monoisotopic (exact) mass is 265 g/mol. The van der Waals surface area contributed by atoms with E-state index in [1.807, 2.05) is 25.1 Å². The Hall–Kier alpha value is -1.81. The molecule has 1 aromatic heterocycles. The predicted octanol–water partition coefficient (Wildman–Crippen LogP) is 3.38. The molecule has 0 unspecified atom stereocenters. The molecule has 0 saturated heterocycles. The van der Waals surface area contributed by atoms with Gasteiger partial charge in [-0.3, -0.25) is 4.98 Å². The second kappa shape index (κ2) is 5.23. The number of hydrogen-bond acceptors (Lipinski definition) is 3. The van der Waals surface area contributed by atoms with E-state index in [9.17, 15) is 4.39 Å². The van der Waals surface area contributed by atoms with E-state index < -0.39 is 5.82 Å². The summed E-state index contributed by atoms with van der Waals surface area (Å²) in [6, 6.07) is 8.41. The molecule has 3 N–H and O–H groups in total. The number of rotatable bonds is 3. The van der Waals surface area contributed by atoms with E-state index in [0.717, 1.165) is 11.4 Å². The van der Waals surface area contributed by atoms with Crippen LogP contribution in [0.4, 0.5) is 15.8 Å². The number of aryl methyl sites for hydroxylation is 1. The van der Waals surface area contributed by atoms with Crippen molar-refractivity contribution in [2.24, 2.45) is 0 Å². The van der Waals surface area contributed by atoms with Crippen molar-refractivity contribution in [1.29, 1.82) is 0 Å². The van der Waals surface area contributed by atoms with Gasteiger partial charge in [-0.1, -0.05) is 17.7 Å². The predicted molar refractivity (Wildman–Crippen MR) is 72.1 cm³/mol. The molecule has 0 saturated carbocycles. The Morgan fingerprint density at radius 1 is 1.39 bits per heavy atom. The molecule has 0 atom stereocenters. The number of aromatic nitrogens is 1. The van der Waals surface area contributed by atoms with Gasteiger partial charge < -0.3 is 11.1 Å². The third kappa shape index (κ3) is 2.90. The van der Waals surface area contributed by atoms with Gasteiger partial charge >= 0.3 is 0 Å². The van der Waals surface area contributed by atoms with Gasteiger partial charge in [-0.25, -0.2) is 4.39 Å². The third-order valence-corrected chi connectivity index (χ3v) is 2.79. The van der Waals surface area contributed by atoms with Crippen molar-refractivity contribution < 1.29 is 4.39 Å². The van der Waals surface area contributed by atoms with Crippen LogP contribution in [0, 0.1) is 12.7 Å². The molecule has 94 valence electrons. The number of anilines is 2. The average Bonchev–Trinajstić information content (AvgIpc) is 2.32. The molecule has 0 aliphatic rings. The molecule has 0 aliphatic heterocycles. The number of nitrogens with zero attached hydrogens (tertiary/aromatic N) is 1. The number of nitrogens with two attached hydrogens (primary N) is 1. The Labute approximate surface area is 110 Å². The maximum Gasteiger partial charge on any atom is 0.143 e. The quantitative estimate of drug-likeness (QED) is 0.837. The van der Waals surface area contributed by atoms with Crippen LogP contribution in [0.3, 0.4) is 0 Å². The van der Waals surface area contributed by atoms with Gasteiger partial charge in [0.25, 0.3) is 0 Å². The highest BCUT2D eigenvalue weighted by Gasteiger charge is 2.06. The molecule has 1 heterocycles. The highest BCUT2D eigenvalue weighted by molar-refractivity contribution is 6.31. The highest BCUT2D eigenvalue weighted by atomic mass is 35.5. The lowest BCUT2D eigenvalue weighted by Crippen LogP contribution is -2.05. The van der Waals surface area contributed by atoms with E-state index >= 15 is 0 Å². The van der Waals surface area contributed by atoms with E-state index in [0.29, 0.717) is 17.9 Å². The van der Waals surface area contributed by atoms with Gasteiger partial charge in [-0.2, -0.15) is 0 Å². The van der Waals surface area contributed by atoms with Crippen LogP contribution in [0.25, 0.3) is 0 Å². The van der Waals surface area contributed by atoms with E-state index in [4.69, 9.17) is 17.3 Å². The van der Waals surface area contributed by atoms with Crippen molar-refractivity contribution in [2.75, 3.05) is 11.1 Å². The van der Waals surface area contributed by atoms with Crippen LogP contribution in [0.5, 0.6) is 0 Å². The molecule has 0 radical (unpaired) electrons. The Bertz CT molecular complexity index is 572. The lowest BCUT2D eigenvalue weighted by atomic mass is 10.2. The summed E-state index contributed by atoms with van der Waals surface area (Å²) in [6.07, 6.45) is 0. The maximum atomic E-state index is 13.3. The molecule has 2 rings (SSSR count). The second-order valence-corrected chi connectivity index (χ2v) is 4.38. The largest absolute Gasteiger partial charge is 0.397 e. The normalized spacial score (nSPS) is 10.4. The van der Waals surface area contributed by atoms with Crippen molar-refractivity contribution in [2.45, 2.75) is 13.5 Å². The molecule has 18 heavy (non-hydrogen) atoms. The zero-order valence-electron chi connectivity index (χ0n) is 9.87. The first-order valence-electron chi connectivity index (χ1n) is 5.47. The van der Waals surface area contributed by atoms with Gasteiger partial charge in [-0.15, -0.1) is 0 Å². The van der Waals surface area contributed by atoms with Gasteiger partial charge in [0, 0.05) is 11.8 Å². The van der Waals surface area contributed by atoms with E-state index in [-0.39, 0.29) is 5.02 Å². The first kappa shape index (κ1) is 12.6. The molecule has 0 spiro atoms. The fourth-order valence-corrected chi connectivity index (χ4v) is 1.77. The van der Waals surface area contributed by atoms with Gasteiger partial charge in [0.1, 0.15) is 5.82 Å². The van der Waals surface area contributed by atoms with Crippen LogP contribution < -0.4 is 11.1 Å². The van der Waals surface area contributed by atoms with E-state index in [1.54, 1.807) is 0 Å². The SMILES string of the molecule is Cc1cccc(CNc2cc(F)c(Cl)cc2N)n1. The van der Waals surface area contributed by atoms with Gasteiger partial charge in [0.05, 0.1) is 28.6 Å². The molecular formula is C13H13ClFN3. The number of halogens is 2. The van der Waals surface area contributed by atoms with Gasteiger partial charge in [0.15, 0.2) is 0 Å². The summed E-state index contributed by atoms with van der Waals surface area (Å²) in [4.78, 5) is 4.33. The van der Waals surface area contributed by atoms with Crippen LogP contribution in [0.2, 0.25) is 5.02 Å². The summed E-state index contributed by atoms with van der Waals surface area (Å²) in [7, 11) is 0. The van der Waals surface area contributed by atoms with Gasteiger partial charge in [0.2, 0.25) is 0 Å². The van der Waals surface area contributed by atoms with E-state index in [1.165, 1.54) is 12.1 Å². The van der Waals surface area contributed by atoms with Crippen LogP contribution in [0.1, 0.15) is 11.4 Å².